The molecule has 0 aromatic carbocycles. The van der Waals surface area contributed by atoms with Crippen molar-refractivity contribution >= 4 is 11.6 Å². The summed E-state index contributed by atoms with van der Waals surface area (Å²) in [5.41, 5.74) is 2.70. The van der Waals surface area contributed by atoms with Gasteiger partial charge in [0.25, 0.3) is 5.91 Å². The van der Waals surface area contributed by atoms with Crippen LogP contribution < -0.4 is 0 Å². The van der Waals surface area contributed by atoms with Crippen LogP contribution >= 0.6 is 0 Å². The number of ether oxygens (including phenoxy) is 1. The summed E-state index contributed by atoms with van der Waals surface area (Å²) in [4.78, 5) is 16.6. The zero-order valence-electron chi connectivity index (χ0n) is 18.5. The van der Waals surface area contributed by atoms with Gasteiger partial charge in [0.1, 0.15) is 6.07 Å². The van der Waals surface area contributed by atoms with Crippen LogP contribution in [0, 0.1) is 22.7 Å². The van der Waals surface area contributed by atoms with Crippen molar-refractivity contribution in [3.8, 4) is 6.07 Å². The Hall–Kier alpha value is -2.85. The Morgan fingerprint density at radius 3 is 2.71 bits per heavy atom. The summed E-state index contributed by atoms with van der Waals surface area (Å²) in [5.74, 6) is 0.563. The van der Waals surface area contributed by atoms with Crippen molar-refractivity contribution < 1.29 is 13.9 Å². The van der Waals surface area contributed by atoms with Gasteiger partial charge in [0, 0.05) is 55.5 Å². The lowest BCUT2D eigenvalue weighted by Gasteiger charge is -2.39. The van der Waals surface area contributed by atoms with Crippen molar-refractivity contribution in [2.45, 2.75) is 51.7 Å². The van der Waals surface area contributed by atoms with Crippen LogP contribution in [-0.2, 0) is 4.74 Å². The molecule has 0 bridgehead atoms. The predicted octanol–water partition coefficient (Wildman–Crippen LogP) is 3.76. The van der Waals surface area contributed by atoms with E-state index in [-0.39, 0.29) is 17.6 Å². The van der Waals surface area contributed by atoms with E-state index in [4.69, 9.17) is 14.6 Å². The van der Waals surface area contributed by atoms with Gasteiger partial charge in [-0.2, -0.15) is 5.26 Å². The van der Waals surface area contributed by atoms with Gasteiger partial charge in [-0.25, -0.2) is 0 Å². The SMILES string of the molecule is CC1CN(C=C(C#N)C2=C(C(=N)C3CC3)COC(C)(C)C2)CCN1C(=O)c1ccco1. The number of carbonyl (C=O) groups excluding carboxylic acids is 1. The van der Waals surface area contributed by atoms with Gasteiger partial charge < -0.3 is 24.4 Å². The summed E-state index contributed by atoms with van der Waals surface area (Å²) < 4.78 is 11.2. The lowest BCUT2D eigenvalue weighted by atomic mass is 9.85. The molecular formula is C24H30N4O3. The highest BCUT2D eigenvalue weighted by Crippen LogP contribution is 2.39. The number of hydrogen-bond acceptors (Lipinski definition) is 6. The molecule has 1 aromatic heterocycles. The van der Waals surface area contributed by atoms with Gasteiger partial charge in [0.05, 0.1) is 24.0 Å². The maximum absolute atomic E-state index is 12.7. The predicted molar refractivity (Wildman–Crippen MR) is 117 cm³/mol. The first-order chi connectivity index (χ1) is 14.8. The molecule has 0 spiro atoms. The fourth-order valence-electron chi connectivity index (χ4n) is 4.36. The van der Waals surface area contributed by atoms with E-state index in [0.717, 1.165) is 24.0 Å². The summed E-state index contributed by atoms with van der Waals surface area (Å²) in [6, 6.07) is 5.78. The number of furan rings is 1. The van der Waals surface area contributed by atoms with E-state index in [2.05, 4.69) is 11.0 Å². The molecule has 2 aliphatic heterocycles. The summed E-state index contributed by atoms with van der Waals surface area (Å²) in [6.45, 7) is 8.30. The van der Waals surface area contributed by atoms with Crippen LogP contribution in [0.5, 0.6) is 0 Å². The normalized spacial score (nSPS) is 24.2. The minimum atomic E-state index is -0.361. The van der Waals surface area contributed by atoms with E-state index in [1.807, 2.05) is 31.9 Å². The van der Waals surface area contributed by atoms with Crippen LogP contribution in [0.3, 0.4) is 0 Å². The monoisotopic (exact) mass is 422 g/mol. The quantitative estimate of drug-likeness (QED) is 0.576. The number of rotatable bonds is 5. The molecule has 31 heavy (non-hydrogen) atoms. The highest BCUT2D eigenvalue weighted by Gasteiger charge is 2.36. The maximum Gasteiger partial charge on any atom is 0.289 e. The van der Waals surface area contributed by atoms with Crippen LogP contribution in [0.2, 0.25) is 0 Å². The third kappa shape index (κ3) is 4.59. The largest absolute Gasteiger partial charge is 0.459 e. The van der Waals surface area contributed by atoms with Crippen molar-refractivity contribution in [3.05, 3.63) is 47.1 Å². The molecule has 1 atom stereocenters. The molecule has 1 unspecified atom stereocenters. The second-order valence-corrected chi connectivity index (χ2v) is 9.34. The Labute approximate surface area is 183 Å². The standard InChI is InChI=1S/C24H30N4O3/c1-16-13-27(8-9-28(16)23(29)21-5-4-10-30-21)14-18(12-25)19-11-24(2,3)31-15-20(19)22(26)17-6-7-17/h4-5,10,14,16-17,26H,6-9,11,13,15H2,1-3H3. The highest BCUT2D eigenvalue weighted by atomic mass is 16.5. The van der Waals surface area contributed by atoms with Gasteiger partial charge in [-0.3, -0.25) is 4.79 Å². The summed E-state index contributed by atoms with van der Waals surface area (Å²) >= 11 is 0. The Morgan fingerprint density at radius 1 is 1.32 bits per heavy atom. The minimum absolute atomic E-state index is 0.00751. The van der Waals surface area contributed by atoms with Gasteiger partial charge in [0.15, 0.2) is 5.76 Å². The molecule has 2 fully saturated rings. The van der Waals surface area contributed by atoms with E-state index in [9.17, 15) is 10.1 Å². The first-order valence-corrected chi connectivity index (χ1v) is 10.9. The van der Waals surface area contributed by atoms with Crippen molar-refractivity contribution in [1.82, 2.24) is 9.80 Å². The first kappa shape index (κ1) is 21.4. The number of hydrogen-bond donors (Lipinski definition) is 1. The molecule has 1 N–H and O–H groups in total. The summed E-state index contributed by atoms with van der Waals surface area (Å²) in [5, 5.41) is 18.6. The van der Waals surface area contributed by atoms with Gasteiger partial charge in [-0.1, -0.05) is 0 Å². The minimum Gasteiger partial charge on any atom is -0.459 e. The van der Waals surface area contributed by atoms with Crippen molar-refractivity contribution in [3.63, 3.8) is 0 Å². The second-order valence-electron chi connectivity index (χ2n) is 9.34. The summed E-state index contributed by atoms with van der Waals surface area (Å²) in [7, 11) is 0. The highest BCUT2D eigenvalue weighted by molar-refractivity contribution is 6.02. The van der Waals surface area contributed by atoms with Crippen LogP contribution in [-0.4, -0.2) is 59.3 Å². The molecule has 7 heteroatoms. The number of amides is 1. The van der Waals surface area contributed by atoms with E-state index >= 15 is 0 Å². The Kier molecular flexibility index (Phi) is 5.76. The number of nitrogens with zero attached hydrogens (tertiary/aromatic N) is 3. The van der Waals surface area contributed by atoms with E-state index in [0.29, 0.717) is 55.6 Å². The van der Waals surface area contributed by atoms with Crippen LogP contribution in [0.1, 0.15) is 50.6 Å². The Morgan fingerprint density at radius 2 is 2.10 bits per heavy atom. The average molecular weight is 423 g/mol. The molecule has 1 saturated heterocycles. The molecule has 7 nitrogen and oxygen atoms in total. The topological polar surface area (TPSA) is 93.6 Å². The first-order valence-electron chi connectivity index (χ1n) is 10.9. The lowest BCUT2D eigenvalue weighted by molar-refractivity contribution is -0.0115. The zero-order valence-corrected chi connectivity index (χ0v) is 18.5. The van der Waals surface area contributed by atoms with E-state index in [1.54, 1.807) is 12.1 Å². The zero-order chi connectivity index (χ0) is 22.2. The Balaban J connectivity index is 1.54. The molecule has 3 aliphatic rings. The number of carbonyl (C=O) groups is 1. The van der Waals surface area contributed by atoms with Crippen molar-refractivity contribution in [2.75, 3.05) is 26.2 Å². The number of piperazine rings is 1. The molecule has 164 valence electrons. The molecule has 1 aromatic rings. The fraction of sp³-hybridized carbons (Fsp3) is 0.542. The average Bonchev–Trinajstić information content (AvgIpc) is 3.44. The number of nitrogens with one attached hydrogen (secondary N) is 1. The van der Waals surface area contributed by atoms with Gasteiger partial charge in [0.2, 0.25) is 0 Å². The smallest absolute Gasteiger partial charge is 0.289 e. The van der Waals surface area contributed by atoms with Crippen LogP contribution in [0.15, 0.2) is 45.7 Å². The van der Waals surface area contributed by atoms with E-state index < -0.39 is 0 Å². The molecule has 4 rings (SSSR count). The molecule has 3 heterocycles. The number of nitriles is 1. The summed E-state index contributed by atoms with van der Waals surface area (Å²) in [6.07, 6.45) is 6.14. The second kappa shape index (κ2) is 8.35. The van der Waals surface area contributed by atoms with Crippen LogP contribution in [0.25, 0.3) is 0 Å². The van der Waals surface area contributed by atoms with Crippen molar-refractivity contribution in [1.29, 1.82) is 10.7 Å². The van der Waals surface area contributed by atoms with Crippen LogP contribution in [0.4, 0.5) is 0 Å². The van der Waals surface area contributed by atoms with Crippen molar-refractivity contribution in [2.24, 2.45) is 5.92 Å². The fourth-order valence-corrected chi connectivity index (χ4v) is 4.36. The number of allylic oxidation sites excluding steroid dienone is 1. The third-order valence-corrected chi connectivity index (χ3v) is 6.29. The van der Waals surface area contributed by atoms with E-state index in [1.165, 1.54) is 6.26 Å². The van der Waals surface area contributed by atoms with Gasteiger partial charge >= 0.3 is 0 Å². The van der Waals surface area contributed by atoms with Gasteiger partial charge in [-0.05, 0) is 51.3 Å². The molecule has 0 radical (unpaired) electrons. The Bertz CT molecular complexity index is 963. The third-order valence-electron chi connectivity index (χ3n) is 6.29. The lowest BCUT2D eigenvalue weighted by Crippen LogP contribution is -2.52. The molecule has 1 aliphatic carbocycles. The molecule has 1 amide bonds. The maximum atomic E-state index is 12.7. The molecular weight excluding hydrogens is 392 g/mol. The van der Waals surface area contributed by atoms with Gasteiger partial charge in [-0.15, -0.1) is 0 Å². The molecule has 1 saturated carbocycles.